The Morgan fingerprint density at radius 2 is 1.90 bits per heavy atom. The van der Waals surface area contributed by atoms with E-state index in [2.05, 4.69) is 26.1 Å². The normalized spacial score (nSPS) is 21.9. The fourth-order valence-corrected chi connectivity index (χ4v) is 3.27. The standard InChI is InChI=1S/C17H29N3O/c1-5-14-6-7-15(10-14)17-19-12(2)16(13(3)20-17)11-18-8-9-21-4/h14-15,18H,5-11H2,1-4H3. The summed E-state index contributed by atoms with van der Waals surface area (Å²) in [6, 6.07) is 0. The van der Waals surface area contributed by atoms with Crippen LogP contribution in [0.1, 0.15) is 61.3 Å². The van der Waals surface area contributed by atoms with E-state index in [0.717, 1.165) is 42.8 Å². The van der Waals surface area contributed by atoms with Crippen molar-refractivity contribution in [1.82, 2.24) is 15.3 Å². The van der Waals surface area contributed by atoms with E-state index >= 15 is 0 Å². The summed E-state index contributed by atoms with van der Waals surface area (Å²) < 4.78 is 5.05. The molecular weight excluding hydrogens is 262 g/mol. The van der Waals surface area contributed by atoms with Crippen LogP contribution in [0.15, 0.2) is 0 Å². The molecule has 1 aromatic rings. The number of aromatic nitrogens is 2. The van der Waals surface area contributed by atoms with Gasteiger partial charge < -0.3 is 10.1 Å². The van der Waals surface area contributed by atoms with Crippen LogP contribution >= 0.6 is 0 Å². The summed E-state index contributed by atoms with van der Waals surface area (Å²) in [5, 5.41) is 3.38. The molecule has 0 aliphatic heterocycles. The molecule has 2 atom stereocenters. The zero-order valence-electron chi connectivity index (χ0n) is 13.9. The molecule has 1 heterocycles. The van der Waals surface area contributed by atoms with Crippen molar-refractivity contribution < 1.29 is 4.74 Å². The van der Waals surface area contributed by atoms with Gasteiger partial charge in [-0.05, 0) is 39.0 Å². The summed E-state index contributed by atoms with van der Waals surface area (Å²) >= 11 is 0. The lowest BCUT2D eigenvalue weighted by Gasteiger charge is -2.15. The van der Waals surface area contributed by atoms with Gasteiger partial charge >= 0.3 is 0 Å². The van der Waals surface area contributed by atoms with Crippen LogP contribution in [0.4, 0.5) is 0 Å². The van der Waals surface area contributed by atoms with E-state index in [1.807, 2.05) is 0 Å². The third kappa shape index (κ3) is 4.24. The van der Waals surface area contributed by atoms with Crippen LogP contribution in [-0.2, 0) is 11.3 Å². The number of hydrogen-bond acceptors (Lipinski definition) is 4. The number of aryl methyl sites for hydroxylation is 2. The van der Waals surface area contributed by atoms with Gasteiger partial charge in [-0.3, -0.25) is 0 Å². The van der Waals surface area contributed by atoms with Crippen molar-refractivity contribution in [3.63, 3.8) is 0 Å². The van der Waals surface area contributed by atoms with E-state index in [1.165, 1.54) is 31.2 Å². The van der Waals surface area contributed by atoms with Gasteiger partial charge in [0.15, 0.2) is 0 Å². The van der Waals surface area contributed by atoms with Gasteiger partial charge in [0.25, 0.3) is 0 Å². The molecule has 0 amide bonds. The predicted molar refractivity (Wildman–Crippen MR) is 85.5 cm³/mol. The summed E-state index contributed by atoms with van der Waals surface area (Å²) in [6.07, 6.45) is 5.14. The zero-order chi connectivity index (χ0) is 15.2. The Labute approximate surface area is 128 Å². The maximum Gasteiger partial charge on any atom is 0.131 e. The molecule has 0 bridgehead atoms. The van der Waals surface area contributed by atoms with Gasteiger partial charge in [0.1, 0.15) is 5.82 Å². The molecule has 0 aromatic carbocycles. The topological polar surface area (TPSA) is 47.0 Å². The maximum absolute atomic E-state index is 5.05. The minimum Gasteiger partial charge on any atom is -0.383 e. The smallest absolute Gasteiger partial charge is 0.131 e. The molecule has 2 rings (SSSR count). The van der Waals surface area contributed by atoms with Crippen LogP contribution < -0.4 is 5.32 Å². The summed E-state index contributed by atoms with van der Waals surface area (Å²) in [4.78, 5) is 9.60. The molecular formula is C17H29N3O. The minimum absolute atomic E-state index is 0.572. The number of rotatable bonds is 7. The lowest BCUT2D eigenvalue weighted by Crippen LogP contribution is -2.21. The van der Waals surface area contributed by atoms with E-state index in [0.29, 0.717) is 5.92 Å². The highest BCUT2D eigenvalue weighted by Crippen LogP contribution is 2.38. The Balaban J connectivity index is 2.03. The van der Waals surface area contributed by atoms with Gasteiger partial charge in [-0.2, -0.15) is 0 Å². The van der Waals surface area contributed by atoms with Gasteiger partial charge in [0, 0.05) is 43.1 Å². The molecule has 1 fully saturated rings. The van der Waals surface area contributed by atoms with Crippen molar-refractivity contribution in [2.24, 2.45) is 5.92 Å². The van der Waals surface area contributed by atoms with E-state index in [9.17, 15) is 0 Å². The molecule has 0 saturated heterocycles. The first-order valence-corrected chi connectivity index (χ1v) is 8.19. The first-order valence-electron chi connectivity index (χ1n) is 8.19. The highest BCUT2D eigenvalue weighted by Gasteiger charge is 2.27. The van der Waals surface area contributed by atoms with Gasteiger partial charge in [-0.1, -0.05) is 13.3 Å². The van der Waals surface area contributed by atoms with Gasteiger partial charge in [-0.25, -0.2) is 9.97 Å². The number of nitrogens with one attached hydrogen (secondary N) is 1. The van der Waals surface area contributed by atoms with Crippen LogP contribution in [0.25, 0.3) is 0 Å². The van der Waals surface area contributed by atoms with Crippen molar-refractivity contribution in [1.29, 1.82) is 0 Å². The maximum atomic E-state index is 5.05. The molecule has 1 N–H and O–H groups in total. The Morgan fingerprint density at radius 1 is 1.19 bits per heavy atom. The van der Waals surface area contributed by atoms with Crippen LogP contribution in [0, 0.1) is 19.8 Å². The van der Waals surface area contributed by atoms with Crippen molar-refractivity contribution in [3.8, 4) is 0 Å². The molecule has 0 spiro atoms. The minimum atomic E-state index is 0.572. The number of methoxy groups -OCH3 is 1. The Kier molecular flexibility index (Phi) is 6.12. The third-order valence-electron chi connectivity index (χ3n) is 4.71. The average molecular weight is 291 g/mol. The van der Waals surface area contributed by atoms with Crippen LogP contribution in [0.2, 0.25) is 0 Å². The van der Waals surface area contributed by atoms with Crippen LogP contribution in [0.3, 0.4) is 0 Å². The first kappa shape index (κ1) is 16.4. The van der Waals surface area contributed by atoms with Crippen molar-refractivity contribution >= 4 is 0 Å². The lowest BCUT2D eigenvalue weighted by molar-refractivity contribution is 0.199. The Morgan fingerprint density at radius 3 is 2.48 bits per heavy atom. The second-order valence-corrected chi connectivity index (χ2v) is 6.19. The molecule has 1 aliphatic carbocycles. The van der Waals surface area contributed by atoms with Crippen LogP contribution in [0.5, 0.6) is 0 Å². The number of nitrogens with zero attached hydrogens (tertiary/aromatic N) is 2. The summed E-state index contributed by atoms with van der Waals surface area (Å²) in [5.41, 5.74) is 3.49. The van der Waals surface area contributed by atoms with E-state index in [-0.39, 0.29) is 0 Å². The van der Waals surface area contributed by atoms with Crippen molar-refractivity contribution in [2.75, 3.05) is 20.3 Å². The van der Waals surface area contributed by atoms with E-state index < -0.39 is 0 Å². The lowest BCUT2D eigenvalue weighted by atomic mass is 10.0. The average Bonchev–Trinajstić information content (AvgIpc) is 2.94. The van der Waals surface area contributed by atoms with Gasteiger partial charge in [0.2, 0.25) is 0 Å². The Hall–Kier alpha value is -1.00. The first-order chi connectivity index (χ1) is 10.2. The third-order valence-corrected chi connectivity index (χ3v) is 4.71. The fourth-order valence-electron chi connectivity index (χ4n) is 3.27. The molecule has 1 saturated carbocycles. The van der Waals surface area contributed by atoms with Gasteiger partial charge in [-0.15, -0.1) is 0 Å². The monoisotopic (exact) mass is 291 g/mol. The molecule has 4 heteroatoms. The highest BCUT2D eigenvalue weighted by atomic mass is 16.5. The summed E-state index contributed by atoms with van der Waals surface area (Å²) in [7, 11) is 1.72. The van der Waals surface area contributed by atoms with E-state index in [4.69, 9.17) is 14.7 Å². The second kappa shape index (κ2) is 7.85. The highest BCUT2D eigenvalue weighted by molar-refractivity contribution is 5.25. The van der Waals surface area contributed by atoms with Crippen LogP contribution in [-0.4, -0.2) is 30.2 Å². The molecule has 118 valence electrons. The number of hydrogen-bond donors (Lipinski definition) is 1. The van der Waals surface area contributed by atoms with Gasteiger partial charge in [0.05, 0.1) is 6.61 Å². The molecule has 0 radical (unpaired) electrons. The fraction of sp³-hybridized carbons (Fsp3) is 0.765. The molecule has 1 aromatic heterocycles. The predicted octanol–water partition coefficient (Wildman–Crippen LogP) is 3.12. The second-order valence-electron chi connectivity index (χ2n) is 6.19. The summed E-state index contributed by atoms with van der Waals surface area (Å²) in [6.45, 7) is 8.92. The molecule has 1 aliphatic rings. The Bertz CT molecular complexity index is 438. The van der Waals surface area contributed by atoms with E-state index in [1.54, 1.807) is 7.11 Å². The molecule has 2 unspecified atom stereocenters. The zero-order valence-corrected chi connectivity index (χ0v) is 13.9. The van der Waals surface area contributed by atoms with Crippen molar-refractivity contribution in [2.45, 2.75) is 58.9 Å². The number of ether oxygens (including phenoxy) is 1. The van der Waals surface area contributed by atoms with Crippen molar-refractivity contribution in [3.05, 3.63) is 22.8 Å². The summed E-state index contributed by atoms with van der Waals surface area (Å²) in [5.74, 6) is 2.51. The largest absolute Gasteiger partial charge is 0.383 e. The quantitative estimate of drug-likeness (QED) is 0.784. The molecule has 21 heavy (non-hydrogen) atoms. The molecule has 4 nitrogen and oxygen atoms in total. The SMILES string of the molecule is CCC1CCC(c2nc(C)c(CNCCOC)c(C)n2)C1.